The first kappa shape index (κ1) is 12.4. The van der Waals surface area contributed by atoms with Crippen LogP contribution < -0.4 is 0 Å². The Bertz CT molecular complexity index is 753. The average molecular weight is 270 g/mol. The summed E-state index contributed by atoms with van der Waals surface area (Å²) >= 11 is 0. The van der Waals surface area contributed by atoms with Gasteiger partial charge in [-0.05, 0) is 47.6 Å². The Morgan fingerprint density at radius 1 is 0.857 bits per heavy atom. The van der Waals surface area contributed by atoms with Gasteiger partial charge in [0.15, 0.2) is 0 Å². The van der Waals surface area contributed by atoms with Crippen LogP contribution in [0.15, 0.2) is 77.9 Å². The van der Waals surface area contributed by atoms with Crippen molar-refractivity contribution in [3.63, 3.8) is 0 Å². The van der Waals surface area contributed by atoms with Gasteiger partial charge in [0.05, 0.1) is 0 Å². The summed E-state index contributed by atoms with van der Waals surface area (Å²) in [6, 6.07) is 17.6. The molecule has 0 amide bonds. The van der Waals surface area contributed by atoms with Gasteiger partial charge in [-0.2, -0.15) is 0 Å². The molecule has 0 aliphatic heterocycles. The lowest BCUT2D eigenvalue weighted by atomic mass is 9.94. The highest BCUT2D eigenvalue weighted by Crippen LogP contribution is 2.46. The minimum atomic E-state index is 1.07. The van der Waals surface area contributed by atoms with Crippen LogP contribution in [0.2, 0.25) is 0 Å². The normalized spacial score (nSPS) is 14.9. The maximum Gasteiger partial charge on any atom is -0.00955 e. The summed E-state index contributed by atoms with van der Waals surface area (Å²) < 4.78 is 0. The van der Waals surface area contributed by atoms with E-state index in [1.165, 1.54) is 39.0 Å². The quantitative estimate of drug-likeness (QED) is 0.555. The van der Waals surface area contributed by atoms with E-state index in [0.29, 0.717) is 0 Å². The summed E-state index contributed by atoms with van der Waals surface area (Å²) in [5.41, 5.74) is 9.96. The summed E-state index contributed by atoms with van der Waals surface area (Å²) in [6.45, 7) is 2.29. The molecule has 0 N–H and O–H groups in total. The molecule has 0 fully saturated rings. The Morgan fingerprint density at radius 2 is 1.43 bits per heavy atom. The summed E-state index contributed by atoms with van der Waals surface area (Å²) in [5, 5.41) is 0. The first-order valence-electron chi connectivity index (χ1n) is 7.58. The third kappa shape index (κ3) is 1.99. The molecule has 0 radical (unpaired) electrons. The van der Waals surface area contributed by atoms with E-state index in [9.17, 15) is 0 Å². The van der Waals surface area contributed by atoms with Crippen LogP contribution in [-0.2, 0) is 0 Å². The van der Waals surface area contributed by atoms with Crippen LogP contribution in [0.4, 0.5) is 0 Å². The fraction of sp³-hybridized carbons (Fsp3) is 0.143. The van der Waals surface area contributed by atoms with Crippen molar-refractivity contribution >= 4 is 5.57 Å². The van der Waals surface area contributed by atoms with Crippen molar-refractivity contribution in [2.24, 2.45) is 0 Å². The Balaban J connectivity index is 1.88. The maximum absolute atomic E-state index is 2.29. The lowest BCUT2D eigenvalue weighted by molar-refractivity contribution is 1.06. The topological polar surface area (TPSA) is 0 Å². The molecule has 0 spiro atoms. The number of allylic oxidation sites excluding steroid dienone is 5. The zero-order valence-corrected chi connectivity index (χ0v) is 12.3. The van der Waals surface area contributed by atoms with Crippen molar-refractivity contribution < 1.29 is 0 Å². The Labute approximate surface area is 126 Å². The summed E-state index contributed by atoms with van der Waals surface area (Å²) in [5.74, 6) is 0. The van der Waals surface area contributed by atoms with Gasteiger partial charge < -0.3 is 0 Å². The van der Waals surface area contributed by atoms with Crippen LogP contribution in [0.1, 0.15) is 30.9 Å². The number of hydrogen-bond donors (Lipinski definition) is 0. The summed E-state index contributed by atoms with van der Waals surface area (Å²) in [4.78, 5) is 0. The summed E-state index contributed by atoms with van der Waals surface area (Å²) in [6.07, 6.45) is 8.85. The molecule has 102 valence electrons. The monoisotopic (exact) mass is 270 g/mol. The molecule has 2 aliphatic rings. The van der Waals surface area contributed by atoms with Gasteiger partial charge in [-0.25, -0.2) is 0 Å². The molecule has 0 saturated heterocycles. The lowest BCUT2D eigenvalue weighted by Gasteiger charge is -2.10. The van der Waals surface area contributed by atoms with E-state index in [0.717, 1.165) is 12.8 Å². The first-order valence-corrected chi connectivity index (χ1v) is 7.58. The average Bonchev–Trinajstić information content (AvgIpc) is 3.12. The number of rotatable bonds is 2. The zero-order valence-electron chi connectivity index (χ0n) is 12.3. The SMILES string of the molecule is CC(CC1=CC=CC1)=C1c2ccccc2-c2ccccc21. The highest BCUT2D eigenvalue weighted by molar-refractivity contribution is 6.02. The second-order valence-electron chi connectivity index (χ2n) is 5.88. The Morgan fingerprint density at radius 3 is 1.95 bits per heavy atom. The van der Waals surface area contributed by atoms with Crippen molar-refractivity contribution in [3.8, 4) is 11.1 Å². The maximum atomic E-state index is 2.29. The van der Waals surface area contributed by atoms with Crippen molar-refractivity contribution in [1.82, 2.24) is 0 Å². The molecule has 0 saturated carbocycles. The van der Waals surface area contributed by atoms with Gasteiger partial charge in [-0.1, -0.05) is 77.9 Å². The van der Waals surface area contributed by atoms with Crippen LogP contribution in [0.3, 0.4) is 0 Å². The van der Waals surface area contributed by atoms with Crippen molar-refractivity contribution in [1.29, 1.82) is 0 Å². The first-order chi connectivity index (χ1) is 10.3. The van der Waals surface area contributed by atoms with E-state index in [-0.39, 0.29) is 0 Å². The second kappa shape index (κ2) is 4.89. The highest BCUT2D eigenvalue weighted by Gasteiger charge is 2.24. The lowest BCUT2D eigenvalue weighted by Crippen LogP contribution is -1.90. The van der Waals surface area contributed by atoms with E-state index < -0.39 is 0 Å². The van der Waals surface area contributed by atoms with Gasteiger partial charge >= 0.3 is 0 Å². The minimum Gasteiger partial charge on any atom is -0.0804 e. The smallest absolute Gasteiger partial charge is 0.00955 e. The van der Waals surface area contributed by atoms with Crippen molar-refractivity contribution in [2.45, 2.75) is 19.8 Å². The molecule has 0 heteroatoms. The molecule has 0 bridgehead atoms. The van der Waals surface area contributed by atoms with Gasteiger partial charge in [0, 0.05) is 0 Å². The van der Waals surface area contributed by atoms with Gasteiger partial charge in [-0.3, -0.25) is 0 Å². The van der Waals surface area contributed by atoms with Crippen LogP contribution in [0.5, 0.6) is 0 Å². The fourth-order valence-corrected chi connectivity index (χ4v) is 3.53. The third-order valence-corrected chi connectivity index (χ3v) is 4.45. The van der Waals surface area contributed by atoms with Crippen LogP contribution >= 0.6 is 0 Å². The van der Waals surface area contributed by atoms with Crippen molar-refractivity contribution in [3.05, 3.63) is 89.0 Å². The second-order valence-corrected chi connectivity index (χ2v) is 5.88. The molecular formula is C21H18. The third-order valence-electron chi connectivity index (χ3n) is 4.45. The molecule has 4 rings (SSSR count). The molecule has 2 aliphatic carbocycles. The van der Waals surface area contributed by atoms with Crippen LogP contribution in [0.25, 0.3) is 16.7 Å². The fourth-order valence-electron chi connectivity index (χ4n) is 3.53. The molecule has 21 heavy (non-hydrogen) atoms. The van der Waals surface area contributed by atoms with E-state index in [1.807, 2.05) is 0 Å². The van der Waals surface area contributed by atoms with Crippen LogP contribution in [0, 0.1) is 0 Å². The van der Waals surface area contributed by atoms with Crippen LogP contribution in [-0.4, -0.2) is 0 Å². The predicted octanol–water partition coefficient (Wildman–Crippen LogP) is 5.77. The number of hydrogen-bond acceptors (Lipinski definition) is 0. The number of fused-ring (bicyclic) bond motifs is 3. The molecule has 0 atom stereocenters. The van der Waals surface area contributed by atoms with Gasteiger partial charge in [0.25, 0.3) is 0 Å². The van der Waals surface area contributed by atoms with Gasteiger partial charge in [0.1, 0.15) is 0 Å². The predicted molar refractivity (Wildman–Crippen MR) is 90.0 cm³/mol. The minimum absolute atomic E-state index is 1.07. The number of benzene rings is 2. The van der Waals surface area contributed by atoms with Crippen molar-refractivity contribution in [2.75, 3.05) is 0 Å². The molecule has 0 aromatic heterocycles. The van der Waals surface area contributed by atoms with E-state index in [4.69, 9.17) is 0 Å². The molecule has 0 unspecified atom stereocenters. The van der Waals surface area contributed by atoms with E-state index in [1.54, 1.807) is 0 Å². The highest BCUT2D eigenvalue weighted by atomic mass is 14.3. The standard InChI is InChI=1S/C21H18/c1-15(14-16-8-2-3-9-16)21-19-12-6-4-10-17(19)18-11-5-7-13-20(18)21/h2-8,10-13H,9,14H2,1H3. The molecular weight excluding hydrogens is 252 g/mol. The Hall–Kier alpha value is -2.34. The van der Waals surface area contributed by atoms with Gasteiger partial charge in [0.2, 0.25) is 0 Å². The molecule has 0 nitrogen and oxygen atoms in total. The zero-order chi connectivity index (χ0) is 14.2. The molecule has 0 heterocycles. The Kier molecular flexibility index (Phi) is 2.89. The van der Waals surface area contributed by atoms with Gasteiger partial charge in [-0.15, -0.1) is 0 Å². The molecule has 2 aromatic rings. The van der Waals surface area contributed by atoms with E-state index in [2.05, 4.69) is 73.7 Å². The summed E-state index contributed by atoms with van der Waals surface area (Å²) in [7, 11) is 0. The van der Waals surface area contributed by atoms with E-state index >= 15 is 0 Å². The largest absolute Gasteiger partial charge is 0.0804 e. The molecule has 2 aromatic carbocycles.